The number of hydrogen-bond acceptors (Lipinski definition) is 6. The second kappa shape index (κ2) is 64.0. The van der Waals surface area contributed by atoms with Gasteiger partial charge in [-0.05, 0) is 12.8 Å². The molecule has 0 aliphatic rings. The smallest absolute Gasteiger partial charge is 0.268 e. The van der Waals surface area contributed by atoms with Crippen LogP contribution in [0.25, 0.3) is 0 Å². The van der Waals surface area contributed by atoms with Gasteiger partial charge in [-0.25, -0.2) is 0 Å². The lowest BCUT2D eigenvalue weighted by Crippen LogP contribution is -2.46. The minimum absolute atomic E-state index is 0.0170. The molecule has 81 heavy (non-hydrogen) atoms. The fourth-order valence-corrected chi connectivity index (χ4v) is 12.6. The van der Waals surface area contributed by atoms with Crippen molar-refractivity contribution in [3.8, 4) is 0 Å². The molecular formula is C72H147N2O6P. The van der Waals surface area contributed by atoms with Crippen molar-refractivity contribution in [1.29, 1.82) is 0 Å². The fourth-order valence-electron chi connectivity index (χ4n) is 11.9. The largest absolute Gasteiger partial charge is 0.756 e. The van der Waals surface area contributed by atoms with Crippen molar-refractivity contribution in [2.75, 3.05) is 40.9 Å². The number of rotatable bonds is 70. The lowest BCUT2D eigenvalue weighted by molar-refractivity contribution is -0.870. The zero-order valence-corrected chi connectivity index (χ0v) is 56.7. The molecule has 0 radical (unpaired) electrons. The Bertz CT molecular complexity index is 1280. The first kappa shape index (κ1) is 80.5. The third-order valence-electron chi connectivity index (χ3n) is 17.6. The van der Waals surface area contributed by atoms with Crippen molar-refractivity contribution in [2.24, 2.45) is 0 Å². The maximum absolute atomic E-state index is 13.1. The van der Waals surface area contributed by atoms with Crippen molar-refractivity contribution >= 4 is 13.7 Å². The highest BCUT2D eigenvalue weighted by Gasteiger charge is 2.24. The Labute approximate surface area is 508 Å². The van der Waals surface area contributed by atoms with Crippen molar-refractivity contribution < 1.29 is 32.9 Å². The number of nitrogens with one attached hydrogen (secondary N) is 1. The minimum atomic E-state index is -4.58. The Morgan fingerprint density at radius 3 is 0.840 bits per heavy atom. The summed E-state index contributed by atoms with van der Waals surface area (Å²) < 4.78 is 23.6. The van der Waals surface area contributed by atoms with E-state index in [9.17, 15) is 19.4 Å². The summed E-state index contributed by atoms with van der Waals surface area (Å²) in [5, 5.41) is 14.1. The lowest BCUT2D eigenvalue weighted by Gasteiger charge is -2.30. The van der Waals surface area contributed by atoms with E-state index in [1.807, 2.05) is 21.1 Å². The van der Waals surface area contributed by atoms with E-state index in [4.69, 9.17) is 9.05 Å². The monoisotopic (exact) mass is 1170 g/mol. The predicted octanol–water partition coefficient (Wildman–Crippen LogP) is 22.9. The van der Waals surface area contributed by atoms with Gasteiger partial charge < -0.3 is 28.8 Å². The van der Waals surface area contributed by atoms with Crippen LogP contribution in [0, 0.1) is 0 Å². The number of aliphatic hydroxyl groups is 1. The summed E-state index contributed by atoms with van der Waals surface area (Å²) in [6.45, 7) is 4.81. The molecule has 0 aromatic heterocycles. The summed E-state index contributed by atoms with van der Waals surface area (Å²) in [4.78, 5) is 25.7. The number of hydrogen-bond donors (Lipinski definition) is 2. The second-order valence-corrected chi connectivity index (χ2v) is 28.4. The number of phosphoric acid groups is 1. The van der Waals surface area contributed by atoms with Gasteiger partial charge in [-0.3, -0.25) is 9.36 Å². The van der Waals surface area contributed by atoms with Crippen molar-refractivity contribution in [1.82, 2.24) is 5.32 Å². The van der Waals surface area contributed by atoms with Crippen LogP contribution in [0.1, 0.15) is 406 Å². The number of amides is 1. The van der Waals surface area contributed by atoms with Crippen molar-refractivity contribution in [2.45, 2.75) is 418 Å². The van der Waals surface area contributed by atoms with Crippen molar-refractivity contribution in [3.63, 3.8) is 0 Å². The topological polar surface area (TPSA) is 108 Å². The number of phosphoric ester groups is 1. The lowest BCUT2D eigenvalue weighted by atomic mass is 10.0. The Kier molecular flexibility index (Phi) is 63.6. The summed E-state index contributed by atoms with van der Waals surface area (Å²) >= 11 is 0. The maximum Gasteiger partial charge on any atom is 0.268 e. The molecule has 1 amide bonds. The first-order valence-corrected chi connectivity index (χ1v) is 38.3. The van der Waals surface area contributed by atoms with E-state index in [2.05, 4.69) is 19.2 Å². The predicted molar refractivity (Wildman–Crippen MR) is 353 cm³/mol. The summed E-state index contributed by atoms with van der Waals surface area (Å²) in [6, 6.07) is -0.797. The van der Waals surface area contributed by atoms with Gasteiger partial charge in [-0.15, -0.1) is 0 Å². The van der Waals surface area contributed by atoms with Crippen LogP contribution in [-0.4, -0.2) is 68.5 Å². The molecule has 0 aromatic rings. The Morgan fingerprint density at radius 1 is 0.383 bits per heavy atom. The van der Waals surface area contributed by atoms with E-state index in [1.54, 1.807) is 0 Å². The molecule has 0 aliphatic heterocycles. The highest BCUT2D eigenvalue weighted by molar-refractivity contribution is 7.45. The van der Waals surface area contributed by atoms with Crippen LogP contribution in [0.2, 0.25) is 0 Å². The average Bonchev–Trinajstić information content (AvgIpc) is 3.43. The van der Waals surface area contributed by atoms with Gasteiger partial charge in [0.15, 0.2) is 0 Å². The first-order chi connectivity index (χ1) is 39.5. The number of nitrogens with zero attached hydrogens (tertiary/aromatic N) is 1. The molecule has 0 heterocycles. The summed E-state index contributed by atoms with van der Waals surface area (Å²) in [7, 11) is 1.33. The molecule has 3 atom stereocenters. The van der Waals surface area contributed by atoms with E-state index < -0.39 is 20.0 Å². The highest BCUT2D eigenvalue weighted by atomic mass is 31.2. The third-order valence-corrected chi connectivity index (χ3v) is 18.6. The number of aliphatic hydroxyl groups excluding tert-OH is 1. The normalized spacial score (nSPS) is 13.5. The van der Waals surface area contributed by atoms with Crippen LogP contribution in [-0.2, 0) is 18.4 Å². The number of carbonyl (C=O) groups is 1. The van der Waals surface area contributed by atoms with Crippen LogP contribution in [0.15, 0.2) is 0 Å². The number of quaternary nitrogens is 1. The molecule has 0 saturated heterocycles. The number of likely N-dealkylation sites (N-methyl/N-ethyl adjacent to an activating group) is 1. The van der Waals surface area contributed by atoms with Gasteiger partial charge >= 0.3 is 0 Å². The molecule has 0 aromatic carbocycles. The molecule has 2 N–H and O–H groups in total. The molecule has 0 saturated carbocycles. The zero-order valence-electron chi connectivity index (χ0n) is 55.8. The van der Waals surface area contributed by atoms with Gasteiger partial charge in [-0.2, -0.15) is 0 Å². The molecule has 8 nitrogen and oxygen atoms in total. The standard InChI is InChI=1S/C72H147N2O6P/c1-6-8-10-12-14-16-18-20-22-24-26-28-30-32-34-35-36-37-38-39-40-42-44-46-48-50-52-54-56-58-60-62-64-66-72(76)73-70(69-80-81(77,78)79-68-67-74(3,4)5)71(75)65-63-61-59-57-55-53-51-49-47-45-43-41-33-31-29-27-25-23-21-19-17-15-13-11-9-7-2/h70-71,75H,6-69H2,1-5H3,(H-,73,76,77,78). The van der Waals surface area contributed by atoms with Crippen molar-refractivity contribution in [3.05, 3.63) is 0 Å². The number of carbonyl (C=O) groups excluding carboxylic acids is 1. The Hall–Kier alpha value is -0.500. The number of unbranched alkanes of at least 4 members (excludes halogenated alkanes) is 57. The Balaban J connectivity index is 3.94. The first-order valence-electron chi connectivity index (χ1n) is 36.9. The van der Waals surface area contributed by atoms with Crippen LogP contribution in [0.5, 0.6) is 0 Å². The van der Waals surface area contributed by atoms with Crippen LogP contribution < -0.4 is 10.2 Å². The third kappa shape index (κ3) is 66.9. The fraction of sp³-hybridized carbons (Fsp3) is 0.986. The van der Waals surface area contributed by atoms with E-state index in [1.165, 1.54) is 340 Å². The maximum atomic E-state index is 13.1. The minimum Gasteiger partial charge on any atom is -0.756 e. The summed E-state index contributed by atoms with van der Waals surface area (Å²) in [5.74, 6) is -0.153. The molecule has 9 heteroatoms. The van der Waals surface area contributed by atoms with Crippen LogP contribution in [0.3, 0.4) is 0 Å². The molecule has 0 spiro atoms. The second-order valence-electron chi connectivity index (χ2n) is 27.0. The van der Waals surface area contributed by atoms with E-state index in [0.29, 0.717) is 23.9 Å². The summed E-state index contributed by atoms with van der Waals surface area (Å²) in [5.41, 5.74) is 0. The van der Waals surface area contributed by atoms with Gasteiger partial charge in [0.1, 0.15) is 13.2 Å². The van der Waals surface area contributed by atoms with Gasteiger partial charge in [-0.1, -0.05) is 386 Å². The van der Waals surface area contributed by atoms with Crippen LogP contribution >= 0.6 is 7.82 Å². The van der Waals surface area contributed by atoms with Gasteiger partial charge in [0.05, 0.1) is 39.9 Å². The summed E-state index contributed by atoms with van der Waals surface area (Å²) in [6.07, 6.45) is 80.6. The molecule has 0 rings (SSSR count). The zero-order chi connectivity index (χ0) is 59.1. The van der Waals surface area contributed by atoms with Gasteiger partial charge in [0, 0.05) is 6.42 Å². The van der Waals surface area contributed by atoms with Crippen LogP contribution in [0.4, 0.5) is 0 Å². The van der Waals surface area contributed by atoms with E-state index in [-0.39, 0.29) is 19.1 Å². The molecule has 0 fully saturated rings. The molecule has 3 unspecified atom stereocenters. The molecular weight excluding hydrogens is 1020 g/mol. The quantitative estimate of drug-likeness (QED) is 0.0357. The Morgan fingerprint density at radius 2 is 0.605 bits per heavy atom. The molecule has 0 aliphatic carbocycles. The van der Waals surface area contributed by atoms with E-state index >= 15 is 0 Å². The van der Waals surface area contributed by atoms with E-state index in [0.717, 1.165) is 38.5 Å². The molecule has 486 valence electrons. The highest BCUT2D eigenvalue weighted by Crippen LogP contribution is 2.38. The SMILES string of the molecule is CCCCCCCCCCCCCCCCCCCCCCCCCCCCCCCCCCCC(=O)NC(COP(=O)([O-])OCC[N+](C)(C)C)C(O)CCCCCCCCCCCCCCCCCCCCCCCCCCCC. The van der Waals surface area contributed by atoms with Gasteiger partial charge in [0.25, 0.3) is 7.82 Å². The molecule has 0 bridgehead atoms. The van der Waals surface area contributed by atoms with Gasteiger partial charge in [0.2, 0.25) is 5.91 Å². The average molecular weight is 1170 g/mol.